The normalized spacial score (nSPS) is 15.5. The van der Waals surface area contributed by atoms with E-state index in [1.54, 1.807) is 26.0 Å². The van der Waals surface area contributed by atoms with Gasteiger partial charge in [0.25, 0.3) is 5.91 Å². The minimum atomic E-state index is -4.53. The molecule has 0 radical (unpaired) electrons. The maximum atomic E-state index is 13.8. The number of halogens is 4. The predicted molar refractivity (Wildman–Crippen MR) is 97.9 cm³/mol. The lowest BCUT2D eigenvalue weighted by molar-refractivity contribution is -0.158. The summed E-state index contributed by atoms with van der Waals surface area (Å²) in [7, 11) is 0. The fraction of sp³-hybridized carbons (Fsp3) is 0.350. The highest BCUT2D eigenvalue weighted by Gasteiger charge is 2.50. The van der Waals surface area contributed by atoms with E-state index in [4.69, 9.17) is 0 Å². The van der Waals surface area contributed by atoms with Gasteiger partial charge in [0.2, 0.25) is 0 Å². The molecule has 0 saturated heterocycles. The highest BCUT2D eigenvalue weighted by molar-refractivity contribution is 5.98. The van der Waals surface area contributed by atoms with Crippen molar-refractivity contribution in [3.05, 3.63) is 53.4 Å². The first kappa shape index (κ1) is 19.4. The third-order valence-corrected chi connectivity index (χ3v) is 4.98. The van der Waals surface area contributed by atoms with Gasteiger partial charge in [-0.2, -0.15) is 13.2 Å². The van der Waals surface area contributed by atoms with Crippen molar-refractivity contribution in [2.45, 2.75) is 38.9 Å². The molecule has 9 heteroatoms. The van der Waals surface area contributed by atoms with Crippen LogP contribution < -0.4 is 5.32 Å². The third kappa shape index (κ3) is 3.81. The van der Waals surface area contributed by atoms with Gasteiger partial charge in [0.05, 0.1) is 5.69 Å². The van der Waals surface area contributed by atoms with Crippen molar-refractivity contribution in [3.8, 4) is 11.3 Å². The maximum absolute atomic E-state index is 13.8. The highest BCUT2D eigenvalue weighted by Crippen LogP contribution is 2.40. The molecule has 2 aromatic heterocycles. The SMILES string of the molecule is Cc1cc(F)cc(-c2cc(C)n3cnc(C(=O)NC(C4CC4)C(F)(F)F)c3n2)c1. The number of alkyl halides is 3. The molecule has 1 aliphatic rings. The Labute approximate surface area is 163 Å². The molecule has 1 saturated carbocycles. The first-order valence-electron chi connectivity index (χ1n) is 9.13. The third-order valence-electron chi connectivity index (χ3n) is 4.98. The van der Waals surface area contributed by atoms with Crippen LogP contribution in [0.2, 0.25) is 0 Å². The second-order valence-corrected chi connectivity index (χ2v) is 7.42. The lowest BCUT2D eigenvalue weighted by atomic mass is 10.1. The van der Waals surface area contributed by atoms with Crippen LogP contribution in [0.5, 0.6) is 0 Å². The summed E-state index contributed by atoms with van der Waals surface area (Å²) in [5, 5.41) is 2.07. The number of hydrogen-bond acceptors (Lipinski definition) is 3. The number of carbonyl (C=O) groups excluding carboxylic acids is 1. The van der Waals surface area contributed by atoms with Crippen LogP contribution in [0.1, 0.15) is 34.6 Å². The minimum Gasteiger partial charge on any atom is -0.339 e. The van der Waals surface area contributed by atoms with E-state index >= 15 is 0 Å². The zero-order valence-electron chi connectivity index (χ0n) is 15.7. The van der Waals surface area contributed by atoms with E-state index in [2.05, 4.69) is 15.3 Å². The van der Waals surface area contributed by atoms with E-state index in [0.717, 1.165) is 0 Å². The number of imidazole rings is 1. The average molecular weight is 406 g/mol. The Hall–Kier alpha value is -2.97. The molecule has 3 aromatic rings. The van der Waals surface area contributed by atoms with E-state index in [9.17, 15) is 22.4 Å². The molecule has 1 amide bonds. The molecule has 152 valence electrons. The Bertz CT molecular complexity index is 1080. The number of rotatable bonds is 4. The van der Waals surface area contributed by atoms with Gasteiger partial charge < -0.3 is 5.32 Å². The predicted octanol–water partition coefficient (Wildman–Crippen LogP) is 4.22. The molecule has 1 atom stereocenters. The van der Waals surface area contributed by atoms with Crippen LogP contribution in [0, 0.1) is 25.6 Å². The van der Waals surface area contributed by atoms with Gasteiger partial charge in [-0.1, -0.05) is 0 Å². The summed E-state index contributed by atoms with van der Waals surface area (Å²) in [6, 6.07) is 4.23. The van der Waals surface area contributed by atoms with Gasteiger partial charge in [0.15, 0.2) is 11.3 Å². The van der Waals surface area contributed by atoms with Crippen LogP contribution in [-0.2, 0) is 0 Å². The number of carbonyl (C=O) groups is 1. The fourth-order valence-electron chi connectivity index (χ4n) is 3.42. The molecule has 29 heavy (non-hydrogen) atoms. The van der Waals surface area contributed by atoms with Gasteiger partial charge >= 0.3 is 6.18 Å². The summed E-state index contributed by atoms with van der Waals surface area (Å²) in [6.45, 7) is 3.49. The van der Waals surface area contributed by atoms with Crippen molar-refractivity contribution in [1.82, 2.24) is 19.7 Å². The summed E-state index contributed by atoms with van der Waals surface area (Å²) in [4.78, 5) is 21.0. The Morgan fingerprint density at radius 1 is 1.21 bits per heavy atom. The van der Waals surface area contributed by atoms with Gasteiger partial charge in [-0.25, -0.2) is 14.4 Å². The first-order chi connectivity index (χ1) is 13.6. The summed E-state index contributed by atoms with van der Waals surface area (Å²) in [5.74, 6) is -1.96. The molecule has 1 unspecified atom stereocenters. The maximum Gasteiger partial charge on any atom is 0.408 e. The molecule has 1 aromatic carbocycles. The first-order valence-corrected chi connectivity index (χ1v) is 9.13. The molecule has 5 nitrogen and oxygen atoms in total. The Morgan fingerprint density at radius 3 is 2.55 bits per heavy atom. The molecular formula is C20H18F4N4O. The minimum absolute atomic E-state index is 0.121. The van der Waals surface area contributed by atoms with Crippen LogP contribution in [0.4, 0.5) is 17.6 Å². The van der Waals surface area contributed by atoms with Gasteiger partial charge in [0, 0.05) is 11.3 Å². The van der Waals surface area contributed by atoms with Crippen LogP contribution in [0.15, 0.2) is 30.6 Å². The average Bonchev–Trinajstić information content (AvgIpc) is 3.35. The number of amides is 1. The quantitative estimate of drug-likeness (QED) is 0.660. The van der Waals surface area contributed by atoms with Crippen molar-refractivity contribution in [3.63, 3.8) is 0 Å². The van der Waals surface area contributed by atoms with E-state index in [0.29, 0.717) is 35.4 Å². The molecule has 1 N–H and O–H groups in total. The summed E-state index contributed by atoms with van der Waals surface area (Å²) < 4.78 is 55.1. The molecular weight excluding hydrogens is 388 g/mol. The van der Waals surface area contributed by atoms with Gasteiger partial charge in [-0.15, -0.1) is 0 Å². The summed E-state index contributed by atoms with van der Waals surface area (Å²) in [5.41, 5.74) is 2.19. The fourth-order valence-corrected chi connectivity index (χ4v) is 3.42. The van der Waals surface area contributed by atoms with E-state index < -0.39 is 29.9 Å². The van der Waals surface area contributed by atoms with Crippen LogP contribution in [0.3, 0.4) is 0 Å². The number of aromatic nitrogens is 3. The lowest BCUT2D eigenvalue weighted by Gasteiger charge is -2.20. The van der Waals surface area contributed by atoms with Crippen molar-refractivity contribution in [2.24, 2.45) is 5.92 Å². The summed E-state index contributed by atoms with van der Waals surface area (Å²) >= 11 is 0. The molecule has 0 aliphatic heterocycles. The van der Waals surface area contributed by atoms with Gasteiger partial charge in [-0.05, 0) is 62.4 Å². The second kappa shape index (κ2) is 6.82. The number of nitrogens with one attached hydrogen (secondary N) is 1. The molecule has 0 spiro atoms. The Balaban J connectivity index is 1.74. The van der Waals surface area contributed by atoms with Gasteiger partial charge in [0.1, 0.15) is 18.2 Å². The van der Waals surface area contributed by atoms with Crippen molar-refractivity contribution < 1.29 is 22.4 Å². The number of nitrogens with zero attached hydrogens (tertiary/aromatic N) is 3. The number of benzene rings is 1. The van der Waals surface area contributed by atoms with Crippen LogP contribution >= 0.6 is 0 Å². The van der Waals surface area contributed by atoms with Crippen LogP contribution in [0.25, 0.3) is 16.9 Å². The van der Waals surface area contributed by atoms with E-state index in [-0.39, 0.29) is 11.3 Å². The second-order valence-electron chi connectivity index (χ2n) is 7.42. The van der Waals surface area contributed by atoms with Crippen molar-refractivity contribution in [1.29, 1.82) is 0 Å². The molecule has 0 bridgehead atoms. The van der Waals surface area contributed by atoms with Crippen molar-refractivity contribution >= 4 is 11.6 Å². The molecule has 4 rings (SSSR count). The molecule has 2 heterocycles. The van der Waals surface area contributed by atoms with E-state index in [1.165, 1.54) is 22.9 Å². The topological polar surface area (TPSA) is 59.3 Å². The monoisotopic (exact) mass is 406 g/mol. The number of hydrogen-bond donors (Lipinski definition) is 1. The highest BCUT2D eigenvalue weighted by atomic mass is 19.4. The number of fused-ring (bicyclic) bond motifs is 1. The largest absolute Gasteiger partial charge is 0.408 e. The molecule has 1 aliphatic carbocycles. The molecule has 1 fully saturated rings. The standard InChI is InChI=1S/C20H18F4N4O/c1-10-5-13(8-14(21)6-10)15-7-11(2)28-9-25-16(18(28)26-15)19(29)27-17(12-3-4-12)20(22,23)24/h5-9,12,17H,3-4H2,1-2H3,(H,27,29). The Kier molecular flexibility index (Phi) is 4.55. The van der Waals surface area contributed by atoms with Gasteiger partial charge in [-0.3, -0.25) is 9.20 Å². The van der Waals surface area contributed by atoms with Crippen LogP contribution in [-0.4, -0.2) is 32.5 Å². The summed E-state index contributed by atoms with van der Waals surface area (Å²) in [6.07, 6.45) is -2.34. The zero-order chi connectivity index (χ0) is 20.9. The number of aryl methyl sites for hydroxylation is 2. The smallest absolute Gasteiger partial charge is 0.339 e. The lowest BCUT2D eigenvalue weighted by Crippen LogP contribution is -2.47. The Morgan fingerprint density at radius 2 is 1.93 bits per heavy atom. The van der Waals surface area contributed by atoms with E-state index in [1.807, 2.05) is 0 Å². The zero-order valence-corrected chi connectivity index (χ0v) is 15.7. The van der Waals surface area contributed by atoms with Crippen molar-refractivity contribution in [2.75, 3.05) is 0 Å².